The number of ether oxygens (including phenoxy) is 1. The fourth-order valence-corrected chi connectivity index (χ4v) is 3.94. The van der Waals surface area contributed by atoms with Crippen LogP contribution in [0.25, 0.3) is 0 Å². The Bertz CT molecular complexity index is 268. The summed E-state index contributed by atoms with van der Waals surface area (Å²) in [5.74, 6) is 0. The minimum Gasteiger partial charge on any atom is -0.370 e. The van der Waals surface area contributed by atoms with Crippen LogP contribution in [0, 0.1) is 0 Å². The Hall–Kier alpha value is -0.120. The van der Waals surface area contributed by atoms with Gasteiger partial charge in [0.2, 0.25) is 0 Å². The van der Waals surface area contributed by atoms with E-state index >= 15 is 0 Å². The predicted octanol–water partition coefficient (Wildman–Crippen LogP) is 2.16. The number of piperidine rings is 1. The van der Waals surface area contributed by atoms with Crippen LogP contribution >= 0.6 is 0 Å². The summed E-state index contributed by atoms with van der Waals surface area (Å²) in [7, 11) is 2.22. The molecule has 1 unspecified atom stereocenters. The van der Waals surface area contributed by atoms with Crippen molar-refractivity contribution in [3.8, 4) is 0 Å². The average molecular weight is 252 g/mol. The predicted molar refractivity (Wildman–Crippen MR) is 73.8 cm³/mol. The van der Waals surface area contributed by atoms with Gasteiger partial charge in [0.1, 0.15) is 0 Å². The Kier molecular flexibility index (Phi) is 3.92. The Morgan fingerprint density at radius 1 is 1.11 bits per heavy atom. The lowest BCUT2D eigenvalue weighted by atomic mass is 9.98. The van der Waals surface area contributed by atoms with E-state index in [0.29, 0.717) is 11.7 Å². The summed E-state index contributed by atoms with van der Waals surface area (Å²) >= 11 is 0. The van der Waals surface area contributed by atoms with Crippen molar-refractivity contribution in [2.24, 2.45) is 0 Å². The Morgan fingerprint density at radius 3 is 2.56 bits per heavy atom. The summed E-state index contributed by atoms with van der Waals surface area (Å²) in [5.41, 5.74) is 0.305. The lowest BCUT2D eigenvalue weighted by molar-refractivity contribution is -0.0363. The number of hydrogen-bond donors (Lipinski definition) is 1. The van der Waals surface area contributed by atoms with Crippen LogP contribution in [0.5, 0.6) is 0 Å². The van der Waals surface area contributed by atoms with Crippen molar-refractivity contribution in [1.29, 1.82) is 0 Å². The summed E-state index contributed by atoms with van der Waals surface area (Å²) in [6.07, 6.45) is 11.1. The maximum Gasteiger partial charge on any atom is 0.0708 e. The molecule has 3 fully saturated rings. The van der Waals surface area contributed by atoms with Crippen molar-refractivity contribution in [3.05, 3.63) is 0 Å². The molecule has 0 bridgehead atoms. The molecule has 1 N–H and O–H groups in total. The highest BCUT2D eigenvalue weighted by Crippen LogP contribution is 2.43. The smallest absolute Gasteiger partial charge is 0.0708 e. The van der Waals surface area contributed by atoms with Gasteiger partial charge in [-0.05, 0) is 58.7 Å². The number of likely N-dealkylation sites (tertiary alicyclic amines) is 1. The first-order valence-corrected chi connectivity index (χ1v) is 7.86. The summed E-state index contributed by atoms with van der Waals surface area (Å²) in [4.78, 5) is 2.43. The molecule has 3 heteroatoms. The molecule has 104 valence electrons. The Balaban J connectivity index is 1.39. The molecule has 1 saturated carbocycles. The second-order valence-electron chi connectivity index (χ2n) is 6.65. The average Bonchev–Trinajstić information content (AvgIpc) is 3.00. The monoisotopic (exact) mass is 252 g/mol. The highest BCUT2D eigenvalue weighted by molar-refractivity contribution is 4.93. The van der Waals surface area contributed by atoms with Gasteiger partial charge in [-0.2, -0.15) is 0 Å². The van der Waals surface area contributed by atoms with E-state index in [9.17, 15) is 0 Å². The van der Waals surface area contributed by atoms with Crippen LogP contribution in [0.15, 0.2) is 0 Å². The number of nitrogens with one attached hydrogen (secondary N) is 1. The van der Waals surface area contributed by atoms with Gasteiger partial charge in [0, 0.05) is 12.6 Å². The molecule has 1 aliphatic carbocycles. The van der Waals surface area contributed by atoms with Gasteiger partial charge in [-0.3, -0.25) is 0 Å². The van der Waals surface area contributed by atoms with E-state index in [1.54, 1.807) is 0 Å². The van der Waals surface area contributed by atoms with Gasteiger partial charge in [0.05, 0.1) is 11.7 Å². The Labute approximate surface area is 111 Å². The van der Waals surface area contributed by atoms with Crippen molar-refractivity contribution >= 4 is 0 Å². The van der Waals surface area contributed by atoms with Crippen LogP contribution in [0.4, 0.5) is 0 Å². The first kappa shape index (κ1) is 12.9. The normalized spacial score (nSPS) is 33.5. The molecule has 1 atom stereocenters. The van der Waals surface area contributed by atoms with E-state index in [0.717, 1.165) is 12.6 Å². The first-order chi connectivity index (χ1) is 8.76. The quantitative estimate of drug-likeness (QED) is 0.833. The molecule has 18 heavy (non-hydrogen) atoms. The first-order valence-electron chi connectivity index (χ1n) is 7.86. The fourth-order valence-electron chi connectivity index (χ4n) is 3.94. The zero-order valence-electron chi connectivity index (χ0n) is 11.8. The van der Waals surface area contributed by atoms with Gasteiger partial charge in [-0.1, -0.05) is 12.8 Å². The highest BCUT2D eigenvalue weighted by Gasteiger charge is 2.41. The topological polar surface area (TPSA) is 24.5 Å². The van der Waals surface area contributed by atoms with E-state index in [2.05, 4.69) is 17.3 Å². The highest BCUT2D eigenvalue weighted by atomic mass is 16.5. The third kappa shape index (κ3) is 2.89. The zero-order valence-corrected chi connectivity index (χ0v) is 11.8. The van der Waals surface area contributed by atoms with E-state index in [1.807, 2.05) is 0 Å². The maximum absolute atomic E-state index is 6.35. The van der Waals surface area contributed by atoms with Crippen molar-refractivity contribution < 1.29 is 4.74 Å². The van der Waals surface area contributed by atoms with Gasteiger partial charge in [0.15, 0.2) is 0 Å². The van der Waals surface area contributed by atoms with Gasteiger partial charge in [-0.15, -0.1) is 0 Å². The van der Waals surface area contributed by atoms with Gasteiger partial charge >= 0.3 is 0 Å². The zero-order chi connectivity index (χ0) is 12.4. The van der Waals surface area contributed by atoms with Crippen LogP contribution in [0.1, 0.15) is 51.4 Å². The largest absolute Gasteiger partial charge is 0.370 e. The fraction of sp³-hybridized carbons (Fsp3) is 1.00. The molecular weight excluding hydrogens is 224 g/mol. The molecule has 0 aromatic carbocycles. The van der Waals surface area contributed by atoms with Crippen LogP contribution in [-0.4, -0.2) is 49.3 Å². The third-order valence-electron chi connectivity index (χ3n) is 5.21. The van der Waals surface area contributed by atoms with Crippen molar-refractivity contribution in [2.45, 2.75) is 69.1 Å². The molecular formula is C15H28N2O. The standard InChI is InChI=1S/C15H28N2O/c1-17-10-5-13(6-11-17)16-12-14-4-9-15(18-14)7-2-3-8-15/h13-14,16H,2-12H2,1H3. The van der Waals surface area contributed by atoms with Crippen molar-refractivity contribution in [1.82, 2.24) is 10.2 Å². The van der Waals surface area contributed by atoms with Crippen LogP contribution < -0.4 is 5.32 Å². The maximum atomic E-state index is 6.35. The molecule has 2 aliphatic heterocycles. The molecule has 3 nitrogen and oxygen atoms in total. The van der Waals surface area contributed by atoms with E-state index in [4.69, 9.17) is 4.74 Å². The molecule has 3 aliphatic rings. The van der Waals surface area contributed by atoms with Crippen LogP contribution in [0.3, 0.4) is 0 Å². The number of rotatable bonds is 3. The lowest BCUT2D eigenvalue weighted by Gasteiger charge is -2.30. The van der Waals surface area contributed by atoms with Gasteiger partial charge < -0.3 is 15.0 Å². The van der Waals surface area contributed by atoms with Gasteiger partial charge in [0.25, 0.3) is 0 Å². The minimum atomic E-state index is 0.305. The minimum absolute atomic E-state index is 0.305. The summed E-state index contributed by atoms with van der Waals surface area (Å²) < 4.78 is 6.35. The molecule has 0 aromatic heterocycles. The molecule has 1 spiro atoms. The van der Waals surface area contributed by atoms with Crippen LogP contribution in [-0.2, 0) is 4.74 Å². The Morgan fingerprint density at radius 2 is 1.83 bits per heavy atom. The summed E-state index contributed by atoms with van der Waals surface area (Å²) in [6, 6.07) is 0.727. The van der Waals surface area contributed by atoms with E-state index in [-0.39, 0.29) is 0 Å². The van der Waals surface area contributed by atoms with Crippen molar-refractivity contribution in [2.75, 3.05) is 26.7 Å². The second-order valence-corrected chi connectivity index (χ2v) is 6.65. The SMILES string of the molecule is CN1CCC(NCC2CCC3(CCCC3)O2)CC1. The van der Waals surface area contributed by atoms with Crippen molar-refractivity contribution in [3.63, 3.8) is 0 Å². The molecule has 0 amide bonds. The molecule has 2 saturated heterocycles. The number of nitrogens with zero attached hydrogens (tertiary/aromatic N) is 1. The molecule has 3 rings (SSSR count). The van der Waals surface area contributed by atoms with E-state index < -0.39 is 0 Å². The molecule has 2 heterocycles. The van der Waals surface area contributed by atoms with Crippen LogP contribution in [0.2, 0.25) is 0 Å². The lowest BCUT2D eigenvalue weighted by Crippen LogP contribution is -2.43. The third-order valence-corrected chi connectivity index (χ3v) is 5.21. The van der Waals surface area contributed by atoms with Gasteiger partial charge in [-0.25, -0.2) is 0 Å². The second kappa shape index (κ2) is 5.48. The summed E-state index contributed by atoms with van der Waals surface area (Å²) in [6.45, 7) is 3.57. The molecule has 0 radical (unpaired) electrons. The van der Waals surface area contributed by atoms with E-state index in [1.165, 1.54) is 64.5 Å². The summed E-state index contributed by atoms with van der Waals surface area (Å²) in [5, 5.41) is 3.74. The molecule has 0 aromatic rings. The number of hydrogen-bond acceptors (Lipinski definition) is 3.